The van der Waals surface area contributed by atoms with Crippen LogP contribution in [0.4, 0.5) is 0 Å². The van der Waals surface area contributed by atoms with Crippen LogP contribution in [0.2, 0.25) is 0 Å². The van der Waals surface area contributed by atoms with Crippen LogP contribution in [0, 0.1) is 0 Å². The molecule has 0 bridgehead atoms. The van der Waals surface area contributed by atoms with Crippen LogP contribution in [0.1, 0.15) is 19.1 Å². The largest absolute Gasteiger partial charge is 0.460 e. The Morgan fingerprint density at radius 1 is 0.889 bits per heavy atom. The van der Waals surface area contributed by atoms with Gasteiger partial charge in [0.25, 0.3) is 0 Å². The van der Waals surface area contributed by atoms with Crippen molar-refractivity contribution in [2.45, 2.75) is 19.8 Å². The van der Waals surface area contributed by atoms with Crippen LogP contribution in [0.5, 0.6) is 0 Å². The minimum atomic E-state index is 0.985. The number of furan rings is 1. The Balaban J connectivity index is 2.28. The third-order valence-electron chi connectivity index (χ3n) is 3.21. The minimum absolute atomic E-state index is 0.985. The van der Waals surface area contributed by atoms with Crippen molar-refractivity contribution in [2.75, 3.05) is 0 Å². The van der Waals surface area contributed by atoms with Gasteiger partial charge in [0.2, 0.25) is 0 Å². The first-order valence-corrected chi connectivity index (χ1v) is 6.46. The van der Waals surface area contributed by atoms with Gasteiger partial charge in [-0.15, -0.1) is 0 Å². The molecule has 0 atom stereocenters. The summed E-state index contributed by atoms with van der Waals surface area (Å²) < 4.78 is 5.99. The zero-order chi connectivity index (χ0) is 12.4. The molecule has 0 N–H and O–H groups in total. The van der Waals surface area contributed by atoms with E-state index in [0.29, 0.717) is 0 Å². The molecular weight excluding hydrogens is 220 g/mol. The normalized spacial score (nSPS) is 10.9. The van der Waals surface area contributed by atoms with Gasteiger partial charge in [-0.3, -0.25) is 0 Å². The van der Waals surface area contributed by atoms with Gasteiger partial charge >= 0.3 is 0 Å². The van der Waals surface area contributed by atoms with Gasteiger partial charge < -0.3 is 4.42 Å². The Labute approximate surface area is 107 Å². The van der Waals surface area contributed by atoms with Gasteiger partial charge in [-0.2, -0.15) is 0 Å². The molecule has 0 saturated carbocycles. The molecule has 0 aliphatic heterocycles. The van der Waals surface area contributed by atoms with Crippen LogP contribution in [-0.4, -0.2) is 0 Å². The molecule has 1 nitrogen and oxygen atoms in total. The van der Waals surface area contributed by atoms with Gasteiger partial charge in [0.15, 0.2) is 0 Å². The fraction of sp³-hybridized carbons (Fsp3) is 0.176. The van der Waals surface area contributed by atoms with Crippen LogP contribution in [0.15, 0.2) is 59.0 Å². The maximum Gasteiger partial charge on any atom is 0.134 e. The molecule has 0 saturated heterocycles. The molecule has 1 aromatic heterocycles. The lowest BCUT2D eigenvalue weighted by Gasteiger charge is -2.02. The summed E-state index contributed by atoms with van der Waals surface area (Å²) in [5, 5.41) is 1.21. The molecule has 0 amide bonds. The fourth-order valence-electron chi connectivity index (χ4n) is 2.42. The van der Waals surface area contributed by atoms with Gasteiger partial charge in [0, 0.05) is 17.4 Å². The van der Waals surface area contributed by atoms with E-state index in [0.717, 1.165) is 24.2 Å². The Morgan fingerprint density at radius 2 is 1.61 bits per heavy atom. The van der Waals surface area contributed by atoms with Crippen molar-refractivity contribution >= 4 is 11.0 Å². The first-order valence-electron chi connectivity index (χ1n) is 6.46. The summed E-state index contributed by atoms with van der Waals surface area (Å²) in [6.45, 7) is 2.18. The summed E-state index contributed by atoms with van der Waals surface area (Å²) in [6.07, 6.45) is 2.08. The molecule has 0 fully saturated rings. The van der Waals surface area contributed by atoms with E-state index < -0.39 is 0 Å². The molecular formula is C17H16O. The Hall–Kier alpha value is -2.02. The molecule has 0 spiro atoms. The molecule has 1 heterocycles. The zero-order valence-electron chi connectivity index (χ0n) is 10.5. The Morgan fingerprint density at radius 3 is 2.39 bits per heavy atom. The maximum atomic E-state index is 5.99. The topological polar surface area (TPSA) is 13.1 Å². The summed E-state index contributed by atoms with van der Waals surface area (Å²) in [6, 6.07) is 18.8. The highest BCUT2D eigenvalue weighted by Gasteiger charge is 2.14. The van der Waals surface area contributed by atoms with Gasteiger partial charge in [0.1, 0.15) is 11.3 Å². The van der Waals surface area contributed by atoms with Gasteiger partial charge in [-0.25, -0.2) is 0 Å². The second-order valence-electron chi connectivity index (χ2n) is 4.51. The zero-order valence-corrected chi connectivity index (χ0v) is 10.5. The lowest BCUT2D eigenvalue weighted by molar-refractivity contribution is 0.546. The number of para-hydroxylation sites is 1. The maximum absolute atomic E-state index is 5.99. The number of benzene rings is 2. The van der Waals surface area contributed by atoms with Crippen LogP contribution in [0.25, 0.3) is 22.1 Å². The monoisotopic (exact) mass is 236 g/mol. The van der Waals surface area contributed by atoms with Crippen molar-refractivity contribution in [3.63, 3.8) is 0 Å². The molecule has 3 aromatic rings. The first kappa shape index (κ1) is 11.1. The quantitative estimate of drug-likeness (QED) is 0.620. The smallest absolute Gasteiger partial charge is 0.134 e. The highest BCUT2D eigenvalue weighted by atomic mass is 16.3. The average Bonchev–Trinajstić information content (AvgIpc) is 2.78. The lowest BCUT2D eigenvalue weighted by atomic mass is 10.0. The third kappa shape index (κ3) is 1.82. The second-order valence-corrected chi connectivity index (χ2v) is 4.51. The van der Waals surface area contributed by atoms with E-state index >= 15 is 0 Å². The summed E-state index contributed by atoms with van der Waals surface area (Å²) >= 11 is 0. The van der Waals surface area contributed by atoms with Gasteiger partial charge in [0.05, 0.1) is 0 Å². The van der Waals surface area contributed by atoms with Crippen molar-refractivity contribution in [1.82, 2.24) is 0 Å². The highest BCUT2D eigenvalue weighted by Crippen LogP contribution is 2.35. The van der Waals surface area contributed by atoms with E-state index in [1.54, 1.807) is 0 Å². The SMILES string of the molecule is CCCc1oc2ccccc2c1-c1ccccc1. The van der Waals surface area contributed by atoms with E-state index in [-0.39, 0.29) is 0 Å². The molecule has 0 radical (unpaired) electrons. The van der Waals surface area contributed by atoms with Gasteiger partial charge in [-0.1, -0.05) is 55.5 Å². The minimum Gasteiger partial charge on any atom is -0.460 e. The number of aryl methyl sites for hydroxylation is 1. The Bertz CT molecular complexity index is 650. The molecule has 2 aromatic carbocycles. The summed E-state index contributed by atoms with van der Waals surface area (Å²) in [4.78, 5) is 0. The molecule has 18 heavy (non-hydrogen) atoms. The van der Waals surface area contributed by atoms with E-state index in [1.165, 1.54) is 16.5 Å². The van der Waals surface area contributed by atoms with Crippen molar-refractivity contribution in [2.24, 2.45) is 0 Å². The van der Waals surface area contributed by atoms with Crippen molar-refractivity contribution < 1.29 is 4.42 Å². The van der Waals surface area contributed by atoms with Crippen LogP contribution < -0.4 is 0 Å². The highest BCUT2D eigenvalue weighted by molar-refractivity contribution is 5.95. The molecule has 0 unspecified atom stereocenters. The average molecular weight is 236 g/mol. The molecule has 0 aliphatic rings. The molecule has 0 aliphatic carbocycles. The standard InChI is InChI=1S/C17H16O/c1-2-8-16-17(13-9-4-3-5-10-13)14-11-6-7-12-15(14)18-16/h3-7,9-12H,2,8H2,1H3. The molecule has 3 rings (SSSR count). The van der Waals surface area contributed by atoms with Crippen molar-refractivity contribution in [3.8, 4) is 11.1 Å². The van der Waals surface area contributed by atoms with E-state index in [9.17, 15) is 0 Å². The number of hydrogen-bond donors (Lipinski definition) is 0. The predicted molar refractivity (Wildman–Crippen MR) is 75.6 cm³/mol. The van der Waals surface area contributed by atoms with E-state index in [1.807, 2.05) is 18.2 Å². The van der Waals surface area contributed by atoms with Gasteiger partial charge in [-0.05, 0) is 18.1 Å². The number of fused-ring (bicyclic) bond motifs is 1. The van der Waals surface area contributed by atoms with Crippen molar-refractivity contribution in [3.05, 3.63) is 60.4 Å². The number of hydrogen-bond acceptors (Lipinski definition) is 1. The lowest BCUT2D eigenvalue weighted by Crippen LogP contribution is -1.84. The number of rotatable bonds is 3. The third-order valence-corrected chi connectivity index (χ3v) is 3.21. The fourth-order valence-corrected chi connectivity index (χ4v) is 2.42. The second kappa shape index (κ2) is 4.69. The van der Waals surface area contributed by atoms with Crippen molar-refractivity contribution in [1.29, 1.82) is 0 Å². The van der Waals surface area contributed by atoms with Crippen LogP contribution in [-0.2, 0) is 6.42 Å². The summed E-state index contributed by atoms with van der Waals surface area (Å²) in [5.74, 6) is 1.10. The predicted octanol–water partition coefficient (Wildman–Crippen LogP) is 5.05. The summed E-state index contributed by atoms with van der Waals surface area (Å²) in [5.41, 5.74) is 3.48. The molecule has 90 valence electrons. The van der Waals surface area contributed by atoms with E-state index in [2.05, 4.69) is 43.3 Å². The summed E-state index contributed by atoms with van der Waals surface area (Å²) in [7, 11) is 0. The van der Waals surface area contributed by atoms with E-state index in [4.69, 9.17) is 4.42 Å². The Kier molecular flexibility index (Phi) is 2.89. The van der Waals surface area contributed by atoms with Crippen LogP contribution >= 0.6 is 0 Å². The first-order chi connectivity index (χ1) is 8.90. The molecule has 1 heteroatoms. The van der Waals surface area contributed by atoms with Crippen LogP contribution in [0.3, 0.4) is 0 Å².